The molecule has 1 atom stereocenters. The summed E-state index contributed by atoms with van der Waals surface area (Å²) in [5, 5.41) is 5.69. The summed E-state index contributed by atoms with van der Waals surface area (Å²) in [5.41, 5.74) is 4.13. The van der Waals surface area contributed by atoms with Crippen LogP contribution in [0.15, 0.2) is 78.3 Å². The molecule has 1 unspecified atom stereocenters. The van der Waals surface area contributed by atoms with Crippen molar-refractivity contribution in [3.05, 3.63) is 83.9 Å². The highest BCUT2D eigenvalue weighted by Crippen LogP contribution is 2.38. The topological polar surface area (TPSA) is 84.4 Å². The van der Waals surface area contributed by atoms with Crippen molar-refractivity contribution in [1.29, 1.82) is 0 Å². The number of anilines is 1. The summed E-state index contributed by atoms with van der Waals surface area (Å²) in [4.78, 5) is 36.3. The van der Waals surface area contributed by atoms with Crippen LogP contribution in [0.5, 0.6) is 5.75 Å². The number of carbonyl (C=O) groups is 2. The third-order valence-electron chi connectivity index (χ3n) is 5.73. The van der Waals surface area contributed by atoms with E-state index in [1.807, 2.05) is 72.1 Å². The second-order valence-electron chi connectivity index (χ2n) is 8.21. The SMILES string of the molecule is CC1Oc2ccc(-c3csc(-c4ccccn4)n3)cc2N(CC(=O)NCCc2ccccc2)C1=O. The van der Waals surface area contributed by atoms with Crippen molar-refractivity contribution in [2.75, 3.05) is 18.0 Å². The monoisotopic (exact) mass is 484 g/mol. The van der Waals surface area contributed by atoms with Crippen molar-refractivity contribution in [2.45, 2.75) is 19.4 Å². The smallest absolute Gasteiger partial charge is 0.268 e. The van der Waals surface area contributed by atoms with Crippen LogP contribution in [0.4, 0.5) is 5.69 Å². The van der Waals surface area contributed by atoms with Crippen LogP contribution in [0.3, 0.4) is 0 Å². The molecule has 0 saturated heterocycles. The van der Waals surface area contributed by atoms with Crippen LogP contribution in [0.1, 0.15) is 12.5 Å². The van der Waals surface area contributed by atoms with E-state index in [1.165, 1.54) is 16.2 Å². The minimum absolute atomic E-state index is 0.0754. The van der Waals surface area contributed by atoms with E-state index in [4.69, 9.17) is 9.72 Å². The van der Waals surface area contributed by atoms with Gasteiger partial charge in [-0.1, -0.05) is 36.4 Å². The molecule has 1 N–H and O–H groups in total. The molecule has 176 valence electrons. The zero-order valence-corrected chi connectivity index (χ0v) is 20.0. The first-order chi connectivity index (χ1) is 17.1. The third kappa shape index (κ3) is 5.07. The highest BCUT2D eigenvalue weighted by atomic mass is 32.1. The molecule has 1 aliphatic rings. The molecule has 0 bridgehead atoms. The third-order valence-corrected chi connectivity index (χ3v) is 6.60. The van der Waals surface area contributed by atoms with Gasteiger partial charge in [0.15, 0.2) is 6.10 Å². The van der Waals surface area contributed by atoms with Crippen molar-refractivity contribution in [3.8, 4) is 27.7 Å². The van der Waals surface area contributed by atoms with Gasteiger partial charge in [-0.15, -0.1) is 11.3 Å². The molecular formula is C27H24N4O3S. The van der Waals surface area contributed by atoms with Crippen LogP contribution < -0.4 is 15.0 Å². The minimum atomic E-state index is -0.666. The predicted octanol–water partition coefficient (Wildman–Crippen LogP) is 4.34. The molecule has 1 aliphatic heterocycles. The van der Waals surface area contributed by atoms with Gasteiger partial charge in [0.25, 0.3) is 5.91 Å². The lowest BCUT2D eigenvalue weighted by Gasteiger charge is -2.32. The number of ether oxygens (including phenoxy) is 1. The Morgan fingerprint density at radius 3 is 2.71 bits per heavy atom. The lowest BCUT2D eigenvalue weighted by Crippen LogP contribution is -2.49. The molecule has 2 aromatic carbocycles. The van der Waals surface area contributed by atoms with Gasteiger partial charge in [-0.3, -0.25) is 19.5 Å². The predicted molar refractivity (Wildman–Crippen MR) is 136 cm³/mol. The lowest BCUT2D eigenvalue weighted by atomic mass is 10.1. The van der Waals surface area contributed by atoms with Crippen LogP contribution in [0.25, 0.3) is 22.0 Å². The highest BCUT2D eigenvalue weighted by Gasteiger charge is 2.33. The highest BCUT2D eigenvalue weighted by molar-refractivity contribution is 7.13. The van der Waals surface area contributed by atoms with E-state index in [-0.39, 0.29) is 18.4 Å². The van der Waals surface area contributed by atoms with Gasteiger partial charge in [-0.05, 0) is 49.2 Å². The molecule has 0 aliphatic carbocycles. The number of fused-ring (bicyclic) bond motifs is 1. The standard InChI is InChI=1S/C27H24N4O3S/c1-18-27(33)31(16-25(32)29-14-12-19-7-3-2-4-8-19)23-15-20(10-11-24(23)34-18)22-17-35-26(30-22)21-9-5-6-13-28-21/h2-11,13,15,17-18H,12,14,16H2,1H3,(H,29,32). The number of carbonyl (C=O) groups excluding carboxylic acids is 2. The van der Waals surface area contributed by atoms with E-state index in [0.29, 0.717) is 18.0 Å². The summed E-state index contributed by atoms with van der Waals surface area (Å²) >= 11 is 1.50. The number of hydrogen-bond donors (Lipinski definition) is 1. The fourth-order valence-electron chi connectivity index (χ4n) is 3.93. The number of rotatable bonds is 7. The van der Waals surface area contributed by atoms with Crippen molar-refractivity contribution in [2.24, 2.45) is 0 Å². The Morgan fingerprint density at radius 2 is 1.91 bits per heavy atom. The van der Waals surface area contributed by atoms with Crippen LogP contribution in [0.2, 0.25) is 0 Å². The molecule has 8 heteroatoms. The Kier molecular flexibility index (Phi) is 6.54. The number of nitrogens with one attached hydrogen (secondary N) is 1. The van der Waals surface area contributed by atoms with Gasteiger partial charge < -0.3 is 10.1 Å². The first kappa shape index (κ1) is 22.7. The van der Waals surface area contributed by atoms with Gasteiger partial charge in [-0.25, -0.2) is 4.98 Å². The first-order valence-electron chi connectivity index (χ1n) is 11.4. The van der Waals surface area contributed by atoms with E-state index in [2.05, 4.69) is 10.3 Å². The lowest BCUT2D eigenvalue weighted by molar-refractivity contribution is -0.128. The maximum atomic E-state index is 13.0. The van der Waals surface area contributed by atoms with E-state index in [1.54, 1.807) is 13.1 Å². The molecule has 3 heterocycles. The Bertz CT molecular complexity index is 1340. The van der Waals surface area contributed by atoms with Crippen LogP contribution in [-0.2, 0) is 16.0 Å². The maximum Gasteiger partial charge on any atom is 0.268 e. The van der Waals surface area contributed by atoms with Gasteiger partial charge >= 0.3 is 0 Å². The fourth-order valence-corrected chi connectivity index (χ4v) is 4.74. The zero-order valence-electron chi connectivity index (χ0n) is 19.2. The number of thiazole rings is 1. The molecule has 0 fully saturated rings. The van der Waals surface area contributed by atoms with Crippen LogP contribution in [-0.4, -0.2) is 41.0 Å². The first-order valence-corrected chi connectivity index (χ1v) is 12.3. The van der Waals surface area contributed by atoms with Crippen molar-refractivity contribution in [3.63, 3.8) is 0 Å². The summed E-state index contributed by atoms with van der Waals surface area (Å²) in [6.45, 7) is 2.12. The zero-order chi connectivity index (χ0) is 24.2. The van der Waals surface area contributed by atoms with E-state index >= 15 is 0 Å². The average Bonchev–Trinajstić information content (AvgIpc) is 3.38. The number of pyridine rings is 1. The quantitative estimate of drug-likeness (QED) is 0.422. The van der Waals surface area contributed by atoms with E-state index < -0.39 is 6.10 Å². The molecule has 2 amide bonds. The van der Waals surface area contributed by atoms with E-state index in [0.717, 1.165) is 33.9 Å². The molecule has 0 spiro atoms. The summed E-state index contributed by atoms with van der Waals surface area (Å²) in [5.74, 6) is 0.101. The van der Waals surface area contributed by atoms with Crippen LogP contribution >= 0.6 is 11.3 Å². The van der Waals surface area contributed by atoms with Crippen LogP contribution in [0, 0.1) is 0 Å². The van der Waals surface area contributed by atoms with Crippen molar-refractivity contribution >= 4 is 28.8 Å². The molecule has 2 aromatic heterocycles. The average molecular weight is 485 g/mol. The summed E-state index contributed by atoms with van der Waals surface area (Å²) in [7, 11) is 0. The maximum absolute atomic E-state index is 13.0. The fraction of sp³-hybridized carbons (Fsp3) is 0.185. The molecule has 0 radical (unpaired) electrons. The Balaban J connectivity index is 1.34. The summed E-state index contributed by atoms with van der Waals surface area (Å²) < 4.78 is 5.81. The molecule has 7 nitrogen and oxygen atoms in total. The number of aromatic nitrogens is 2. The second kappa shape index (κ2) is 10.1. The Morgan fingerprint density at radius 1 is 1.09 bits per heavy atom. The van der Waals surface area contributed by atoms with E-state index in [9.17, 15) is 9.59 Å². The number of nitrogens with zero attached hydrogens (tertiary/aromatic N) is 3. The molecule has 35 heavy (non-hydrogen) atoms. The van der Waals surface area contributed by atoms with Gasteiger partial charge in [0.2, 0.25) is 5.91 Å². The molecule has 0 saturated carbocycles. The van der Waals surface area contributed by atoms with Gasteiger partial charge in [0.05, 0.1) is 17.1 Å². The number of hydrogen-bond acceptors (Lipinski definition) is 6. The van der Waals surface area contributed by atoms with Gasteiger partial charge in [0, 0.05) is 23.7 Å². The Hall–Kier alpha value is -4.04. The molecule has 5 rings (SSSR count). The largest absolute Gasteiger partial charge is 0.479 e. The molecule has 4 aromatic rings. The minimum Gasteiger partial charge on any atom is -0.479 e. The number of benzene rings is 2. The number of amides is 2. The van der Waals surface area contributed by atoms with Gasteiger partial charge in [-0.2, -0.15) is 0 Å². The van der Waals surface area contributed by atoms with Crippen molar-refractivity contribution in [1.82, 2.24) is 15.3 Å². The second-order valence-corrected chi connectivity index (χ2v) is 9.06. The Labute approximate surface area is 207 Å². The van der Waals surface area contributed by atoms with Gasteiger partial charge in [0.1, 0.15) is 17.3 Å². The summed E-state index contributed by atoms with van der Waals surface area (Å²) in [6.07, 6.45) is 1.80. The summed E-state index contributed by atoms with van der Waals surface area (Å²) in [6, 6.07) is 21.3. The molecular weight excluding hydrogens is 460 g/mol. The normalized spacial score (nSPS) is 14.8. The van der Waals surface area contributed by atoms with Crippen molar-refractivity contribution < 1.29 is 14.3 Å².